The lowest BCUT2D eigenvalue weighted by molar-refractivity contribution is 0.292. The summed E-state index contributed by atoms with van der Waals surface area (Å²) < 4.78 is 33.4. The second kappa shape index (κ2) is 4.94. The maximum atomic E-state index is 11.9. The number of benzene rings is 1. The first-order valence-corrected chi connectivity index (χ1v) is 7.73. The first-order valence-electron chi connectivity index (χ1n) is 6.23. The third-order valence-corrected chi connectivity index (χ3v) is 5.29. The Hall–Kier alpha value is -1.39. The van der Waals surface area contributed by atoms with Gasteiger partial charge in [0, 0.05) is 5.41 Å². The molecule has 3 unspecified atom stereocenters. The molecule has 0 aromatic heterocycles. The highest BCUT2D eigenvalue weighted by molar-refractivity contribution is 7.86. The van der Waals surface area contributed by atoms with Gasteiger partial charge in [0.15, 0.2) is 0 Å². The monoisotopic (exact) mass is 278 g/mol. The Kier molecular flexibility index (Phi) is 3.65. The Labute approximate surface area is 114 Å². The van der Waals surface area contributed by atoms with Gasteiger partial charge in [-0.15, -0.1) is 0 Å². The third kappa shape index (κ3) is 2.65. The molecule has 0 saturated heterocycles. The number of hydrogen-bond acceptors (Lipinski definition) is 2. The van der Waals surface area contributed by atoms with Crippen LogP contribution in [0.4, 0.5) is 0 Å². The normalized spacial score (nSPS) is 28.3. The molecule has 2 rings (SSSR count). The molecule has 3 atom stereocenters. The summed E-state index contributed by atoms with van der Waals surface area (Å²) in [5.74, 6) is 0.0182. The van der Waals surface area contributed by atoms with Crippen LogP contribution in [0.15, 0.2) is 54.6 Å². The predicted octanol–water partition coefficient (Wildman–Crippen LogP) is 3.38. The van der Waals surface area contributed by atoms with Crippen molar-refractivity contribution in [2.45, 2.75) is 19.1 Å². The smallest absolute Gasteiger partial charge is 0.272 e. The van der Waals surface area contributed by atoms with Crippen LogP contribution >= 0.6 is 0 Å². The van der Waals surface area contributed by atoms with Crippen LogP contribution in [0.5, 0.6) is 0 Å². The van der Waals surface area contributed by atoms with E-state index in [0.29, 0.717) is 5.56 Å². The zero-order valence-corrected chi connectivity index (χ0v) is 11.8. The SMILES string of the molecule is CC1C=CC=CC1(C)C(c1ccccc1)S(=O)(=O)O. The van der Waals surface area contributed by atoms with Gasteiger partial charge < -0.3 is 0 Å². The lowest BCUT2D eigenvalue weighted by atomic mass is 9.71. The first-order chi connectivity index (χ1) is 8.86. The van der Waals surface area contributed by atoms with Gasteiger partial charge in [0.1, 0.15) is 5.25 Å². The molecule has 0 aliphatic heterocycles. The highest BCUT2D eigenvalue weighted by Gasteiger charge is 2.45. The Balaban J connectivity index is 2.58. The summed E-state index contributed by atoms with van der Waals surface area (Å²) in [7, 11) is -4.19. The van der Waals surface area contributed by atoms with Crippen molar-refractivity contribution >= 4 is 10.1 Å². The lowest BCUT2D eigenvalue weighted by Gasteiger charge is -2.38. The average Bonchev–Trinajstić information content (AvgIpc) is 2.33. The fourth-order valence-electron chi connectivity index (χ4n) is 2.66. The molecule has 0 spiro atoms. The first kappa shape index (κ1) is 14.0. The van der Waals surface area contributed by atoms with E-state index in [-0.39, 0.29) is 5.92 Å². The van der Waals surface area contributed by atoms with Gasteiger partial charge >= 0.3 is 0 Å². The quantitative estimate of drug-likeness (QED) is 0.862. The number of allylic oxidation sites excluding steroid dienone is 4. The average molecular weight is 278 g/mol. The molecule has 1 aromatic carbocycles. The van der Waals surface area contributed by atoms with Gasteiger partial charge in [0.05, 0.1) is 0 Å². The summed E-state index contributed by atoms with van der Waals surface area (Å²) in [6, 6.07) is 8.87. The van der Waals surface area contributed by atoms with Crippen LogP contribution in [0.25, 0.3) is 0 Å². The second-order valence-electron chi connectivity index (χ2n) is 5.20. The van der Waals surface area contributed by atoms with E-state index in [2.05, 4.69) is 0 Å². The van der Waals surface area contributed by atoms with Gasteiger partial charge in [-0.1, -0.05) is 68.5 Å². The van der Waals surface area contributed by atoms with E-state index in [4.69, 9.17) is 0 Å². The topological polar surface area (TPSA) is 54.4 Å². The van der Waals surface area contributed by atoms with Crippen LogP contribution in [-0.2, 0) is 10.1 Å². The predicted molar refractivity (Wildman–Crippen MR) is 76.3 cm³/mol. The van der Waals surface area contributed by atoms with Crippen molar-refractivity contribution in [3.63, 3.8) is 0 Å². The summed E-state index contributed by atoms with van der Waals surface area (Å²) in [5, 5.41) is -0.961. The van der Waals surface area contributed by atoms with E-state index in [1.54, 1.807) is 24.3 Å². The molecule has 1 aliphatic carbocycles. The molecule has 1 aromatic rings. The Morgan fingerprint density at radius 2 is 1.84 bits per heavy atom. The van der Waals surface area contributed by atoms with E-state index in [1.165, 1.54) is 0 Å². The molecule has 0 heterocycles. The Morgan fingerprint density at radius 3 is 2.37 bits per heavy atom. The van der Waals surface area contributed by atoms with Gasteiger partial charge in [0.25, 0.3) is 10.1 Å². The molecule has 102 valence electrons. The molecule has 19 heavy (non-hydrogen) atoms. The van der Waals surface area contributed by atoms with Crippen LogP contribution in [0.2, 0.25) is 0 Å². The van der Waals surface area contributed by atoms with Gasteiger partial charge in [-0.2, -0.15) is 8.42 Å². The van der Waals surface area contributed by atoms with Crippen molar-refractivity contribution < 1.29 is 13.0 Å². The summed E-state index contributed by atoms with van der Waals surface area (Å²) in [6.45, 7) is 3.82. The minimum Gasteiger partial charge on any atom is -0.285 e. The molecule has 0 radical (unpaired) electrons. The highest BCUT2D eigenvalue weighted by atomic mass is 32.2. The minimum atomic E-state index is -4.19. The van der Waals surface area contributed by atoms with Crippen molar-refractivity contribution in [1.29, 1.82) is 0 Å². The largest absolute Gasteiger partial charge is 0.285 e. The van der Waals surface area contributed by atoms with Crippen LogP contribution in [0, 0.1) is 11.3 Å². The summed E-state index contributed by atoms with van der Waals surface area (Å²) >= 11 is 0. The molecule has 0 saturated carbocycles. The molecule has 3 nitrogen and oxygen atoms in total. The summed E-state index contributed by atoms with van der Waals surface area (Å²) in [5.41, 5.74) is -0.0525. The Morgan fingerprint density at radius 1 is 1.21 bits per heavy atom. The van der Waals surface area contributed by atoms with Crippen LogP contribution in [-0.4, -0.2) is 13.0 Å². The van der Waals surface area contributed by atoms with Crippen LogP contribution in [0.1, 0.15) is 24.7 Å². The van der Waals surface area contributed by atoms with Crippen LogP contribution in [0.3, 0.4) is 0 Å². The zero-order chi connectivity index (χ0) is 14.1. The standard InChI is InChI=1S/C15H18O3S/c1-12-8-6-7-11-15(12,2)14(19(16,17)18)13-9-4-3-5-10-13/h3-12,14H,1-2H3,(H,16,17,18). The molecule has 0 fully saturated rings. The van der Waals surface area contributed by atoms with Gasteiger partial charge in [-0.3, -0.25) is 4.55 Å². The fraction of sp³-hybridized carbons (Fsp3) is 0.333. The molecule has 1 aliphatic rings. The van der Waals surface area contributed by atoms with E-state index in [1.807, 2.05) is 44.2 Å². The van der Waals surface area contributed by atoms with Crippen molar-refractivity contribution in [2.24, 2.45) is 11.3 Å². The van der Waals surface area contributed by atoms with E-state index in [9.17, 15) is 13.0 Å². The molecule has 0 bridgehead atoms. The van der Waals surface area contributed by atoms with E-state index < -0.39 is 20.8 Å². The van der Waals surface area contributed by atoms with Crippen molar-refractivity contribution in [3.05, 3.63) is 60.2 Å². The van der Waals surface area contributed by atoms with Crippen molar-refractivity contribution in [2.75, 3.05) is 0 Å². The molecule has 0 amide bonds. The fourth-order valence-corrected chi connectivity index (χ4v) is 4.09. The molecule has 4 heteroatoms. The lowest BCUT2D eigenvalue weighted by Crippen LogP contribution is -2.35. The van der Waals surface area contributed by atoms with Crippen LogP contribution < -0.4 is 0 Å². The summed E-state index contributed by atoms with van der Waals surface area (Å²) in [6.07, 6.45) is 7.56. The number of rotatable bonds is 3. The zero-order valence-electron chi connectivity index (χ0n) is 11.0. The van der Waals surface area contributed by atoms with Gasteiger partial charge in [-0.05, 0) is 11.5 Å². The maximum Gasteiger partial charge on any atom is 0.272 e. The summed E-state index contributed by atoms with van der Waals surface area (Å²) in [4.78, 5) is 0. The van der Waals surface area contributed by atoms with E-state index in [0.717, 1.165) is 0 Å². The Bertz CT molecular complexity index is 602. The molecule has 1 N–H and O–H groups in total. The minimum absolute atomic E-state index is 0.0182. The third-order valence-electron chi connectivity index (χ3n) is 3.91. The van der Waals surface area contributed by atoms with Gasteiger partial charge in [-0.25, -0.2) is 0 Å². The van der Waals surface area contributed by atoms with E-state index >= 15 is 0 Å². The molecular weight excluding hydrogens is 260 g/mol. The van der Waals surface area contributed by atoms with Crippen molar-refractivity contribution in [3.8, 4) is 0 Å². The molecular formula is C15H18O3S. The maximum absolute atomic E-state index is 11.9. The second-order valence-corrected chi connectivity index (χ2v) is 6.71. The van der Waals surface area contributed by atoms with Crippen molar-refractivity contribution in [1.82, 2.24) is 0 Å². The highest BCUT2D eigenvalue weighted by Crippen LogP contribution is 2.47. The van der Waals surface area contributed by atoms with Gasteiger partial charge in [0.2, 0.25) is 0 Å². The number of hydrogen-bond donors (Lipinski definition) is 1.